The standard InChI is InChI=1S/C13H20N4O3S/c1-17-10(7-18)6-14-13(17)21-8-11(19)16-12(20)15-9-4-2-3-5-9/h6,9,18H,2-5,7-8H2,1H3,(H2,15,16,19,20). The van der Waals surface area contributed by atoms with Gasteiger partial charge in [0.1, 0.15) is 0 Å². The first-order valence-electron chi connectivity index (χ1n) is 6.94. The van der Waals surface area contributed by atoms with Gasteiger partial charge in [-0.15, -0.1) is 0 Å². The van der Waals surface area contributed by atoms with Crippen molar-refractivity contribution in [2.75, 3.05) is 5.75 Å². The number of amides is 3. The van der Waals surface area contributed by atoms with Crippen LogP contribution in [0.4, 0.5) is 4.79 Å². The van der Waals surface area contributed by atoms with Gasteiger partial charge in [0.25, 0.3) is 0 Å². The van der Waals surface area contributed by atoms with Gasteiger partial charge in [0.05, 0.1) is 24.3 Å². The molecule has 0 bridgehead atoms. The number of nitrogens with zero attached hydrogens (tertiary/aromatic N) is 2. The van der Waals surface area contributed by atoms with E-state index in [0.29, 0.717) is 10.9 Å². The average molecular weight is 312 g/mol. The predicted molar refractivity (Wildman–Crippen MR) is 78.8 cm³/mol. The molecule has 1 fully saturated rings. The Hall–Kier alpha value is -1.54. The van der Waals surface area contributed by atoms with Gasteiger partial charge in [-0.1, -0.05) is 24.6 Å². The summed E-state index contributed by atoms with van der Waals surface area (Å²) in [6.07, 6.45) is 5.77. The molecule has 1 heterocycles. The Morgan fingerprint density at radius 2 is 2.19 bits per heavy atom. The van der Waals surface area contributed by atoms with Crippen LogP contribution >= 0.6 is 11.8 Å². The summed E-state index contributed by atoms with van der Waals surface area (Å²) in [7, 11) is 1.77. The fourth-order valence-corrected chi connectivity index (χ4v) is 3.06. The van der Waals surface area contributed by atoms with Gasteiger partial charge in [-0.25, -0.2) is 9.78 Å². The van der Waals surface area contributed by atoms with Crippen molar-refractivity contribution in [2.45, 2.75) is 43.5 Å². The molecule has 2 rings (SSSR count). The number of carbonyl (C=O) groups is 2. The van der Waals surface area contributed by atoms with E-state index < -0.39 is 6.03 Å². The number of aromatic nitrogens is 2. The third-order valence-corrected chi connectivity index (χ3v) is 4.52. The van der Waals surface area contributed by atoms with Gasteiger partial charge < -0.3 is 15.0 Å². The number of aliphatic hydroxyl groups is 1. The van der Waals surface area contributed by atoms with Crippen molar-refractivity contribution in [3.8, 4) is 0 Å². The maximum absolute atomic E-state index is 11.7. The molecule has 0 radical (unpaired) electrons. The van der Waals surface area contributed by atoms with Crippen LogP contribution in [-0.2, 0) is 18.4 Å². The highest BCUT2D eigenvalue weighted by atomic mass is 32.2. The number of aliphatic hydroxyl groups excluding tert-OH is 1. The van der Waals surface area contributed by atoms with Crippen molar-refractivity contribution in [1.29, 1.82) is 0 Å². The van der Waals surface area contributed by atoms with Crippen molar-refractivity contribution in [3.63, 3.8) is 0 Å². The van der Waals surface area contributed by atoms with Crippen LogP contribution in [0.15, 0.2) is 11.4 Å². The molecule has 1 aromatic rings. The van der Waals surface area contributed by atoms with Crippen LogP contribution in [-0.4, -0.2) is 38.4 Å². The highest BCUT2D eigenvalue weighted by Gasteiger charge is 2.18. The van der Waals surface area contributed by atoms with E-state index in [4.69, 9.17) is 5.11 Å². The summed E-state index contributed by atoms with van der Waals surface area (Å²) in [6.45, 7) is -0.0972. The highest BCUT2D eigenvalue weighted by molar-refractivity contribution is 7.99. The number of urea groups is 1. The van der Waals surface area contributed by atoms with Gasteiger partial charge in [0.15, 0.2) is 5.16 Å². The lowest BCUT2D eigenvalue weighted by Crippen LogP contribution is -2.44. The molecule has 0 saturated heterocycles. The number of hydrogen-bond donors (Lipinski definition) is 3. The molecule has 0 spiro atoms. The molecular weight excluding hydrogens is 292 g/mol. The first-order valence-corrected chi connectivity index (χ1v) is 7.93. The minimum absolute atomic E-state index is 0.0972. The second-order valence-electron chi connectivity index (χ2n) is 5.04. The van der Waals surface area contributed by atoms with Crippen molar-refractivity contribution < 1.29 is 14.7 Å². The summed E-state index contributed by atoms with van der Waals surface area (Å²) >= 11 is 1.22. The molecule has 1 aliphatic rings. The van der Waals surface area contributed by atoms with Crippen molar-refractivity contribution in [3.05, 3.63) is 11.9 Å². The first-order chi connectivity index (χ1) is 10.1. The third kappa shape index (κ3) is 4.47. The SMILES string of the molecule is Cn1c(CO)cnc1SCC(=O)NC(=O)NC1CCCC1. The van der Waals surface area contributed by atoms with E-state index in [1.165, 1.54) is 11.8 Å². The molecule has 116 valence electrons. The molecule has 0 atom stereocenters. The Bertz CT molecular complexity index is 512. The quantitative estimate of drug-likeness (QED) is 0.698. The minimum Gasteiger partial charge on any atom is -0.390 e. The molecule has 0 aromatic carbocycles. The molecule has 1 saturated carbocycles. The molecule has 3 N–H and O–H groups in total. The zero-order chi connectivity index (χ0) is 15.2. The van der Waals surface area contributed by atoms with Crippen LogP contribution in [0.1, 0.15) is 31.4 Å². The largest absolute Gasteiger partial charge is 0.390 e. The Kier molecular flexibility index (Phi) is 5.63. The van der Waals surface area contributed by atoms with E-state index in [9.17, 15) is 9.59 Å². The number of imide groups is 1. The lowest BCUT2D eigenvalue weighted by molar-refractivity contribution is -0.117. The fraction of sp³-hybridized carbons (Fsp3) is 0.615. The second kappa shape index (κ2) is 7.46. The van der Waals surface area contributed by atoms with Gasteiger partial charge in [-0.05, 0) is 12.8 Å². The van der Waals surface area contributed by atoms with Crippen LogP contribution < -0.4 is 10.6 Å². The molecular formula is C13H20N4O3S. The van der Waals surface area contributed by atoms with Crippen LogP contribution in [0, 0.1) is 0 Å². The van der Waals surface area contributed by atoms with Crippen LogP contribution in [0.3, 0.4) is 0 Å². The van der Waals surface area contributed by atoms with E-state index >= 15 is 0 Å². The number of hydrogen-bond acceptors (Lipinski definition) is 5. The summed E-state index contributed by atoms with van der Waals surface area (Å²) in [6, 6.07) is -0.240. The van der Waals surface area contributed by atoms with Crippen molar-refractivity contribution in [2.24, 2.45) is 7.05 Å². The van der Waals surface area contributed by atoms with E-state index in [2.05, 4.69) is 15.6 Å². The van der Waals surface area contributed by atoms with Gasteiger partial charge >= 0.3 is 6.03 Å². The van der Waals surface area contributed by atoms with Crippen molar-refractivity contribution >= 4 is 23.7 Å². The molecule has 21 heavy (non-hydrogen) atoms. The third-order valence-electron chi connectivity index (χ3n) is 3.48. The molecule has 0 unspecified atom stereocenters. The van der Waals surface area contributed by atoms with E-state index in [-0.39, 0.29) is 24.3 Å². The molecule has 0 aliphatic heterocycles. The van der Waals surface area contributed by atoms with Crippen LogP contribution in [0.25, 0.3) is 0 Å². The second-order valence-corrected chi connectivity index (χ2v) is 5.98. The summed E-state index contributed by atoms with van der Waals surface area (Å²) in [5.74, 6) is -0.252. The Morgan fingerprint density at radius 1 is 1.48 bits per heavy atom. The maximum atomic E-state index is 11.7. The number of nitrogens with one attached hydrogen (secondary N) is 2. The Balaban J connectivity index is 1.73. The lowest BCUT2D eigenvalue weighted by atomic mass is 10.2. The fourth-order valence-electron chi connectivity index (χ4n) is 2.29. The van der Waals surface area contributed by atoms with Crippen LogP contribution in [0.2, 0.25) is 0 Å². The van der Waals surface area contributed by atoms with Gasteiger partial charge in [0.2, 0.25) is 5.91 Å². The molecule has 8 heteroatoms. The first kappa shape index (κ1) is 15.8. The summed E-state index contributed by atoms with van der Waals surface area (Å²) in [5.41, 5.74) is 0.678. The van der Waals surface area contributed by atoms with Gasteiger partial charge in [-0.3, -0.25) is 10.1 Å². The number of carbonyl (C=O) groups excluding carboxylic acids is 2. The van der Waals surface area contributed by atoms with E-state index in [1.807, 2.05) is 0 Å². The zero-order valence-corrected chi connectivity index (χ0v) is 12.8. The topological polar surface area (TPSA) is 96.2 Å². The predicted octanol–water partition coefficient (Wildman–Crippen LogP) is 0.773. The van der Waals surface area contributed by atoms with E-state index in [0.717, 1.165) is 25.7 Å². The smallest absolute Gasteiger partial charge is 0.321 e. The normalized spacial score (nSPS) is 15.1. The van der Waals surface area contributed by atoms with Crippen LogP contribution in [0.5, 0.6) is 0 Å². The number of imidazole rings is 1. The maximum Gasteiger partial charge on any atom is 0.321 e. The Labute approximate surface area is 127 Å². The lowest BCUT2D eigenvalue weighted by Gasteiger charge is -2.12. The summed E-state index contributed by atoms with van der Waals surface area (Å²) < 4.78 is 1.72. The molecule has 7 nitrogen and oxygen atoms in total. The molecule has 3 amide bonds. The van der Waals surface area contributed by atoms with E-state index in [1.54, 1.807) is 17.8 Å². The number of thioether (sulfide) groups is 1. The highest BCUT2D eigenvalue weighted by Crippen LogP contribution is 2.18. The molecule has 1 aromatic heterocycles. The summed E-state index contributed by atoms with van der Waals surface area (Å²) in [4.78, 5) is 27.4. The summed E-state index contributed by atoms with van der Waals surface area (Å²) in [5, 5.41) is 14.8. The van der Waals surface area contributed by atoms with Gasteiger partial charge in [0, 0.05) is 13.1 Å². The van der Waals surface area contributed by atoms with Gasteiger partial charge in [-0.2, -0.15) is 0 Å². The Morgan fingerprint density at radius 3 is 2.81 bits per heavy atom. The van der Waals surface area contributed by atoms with Crippen molar-refractivity contribution in [1.82, 2.24) is 20.2 Å². The average Bonchev–Trinajstić information content (AvgIpc) is 3.06. The molecule has 1 aliphatic carbocycles. The zero-order valence-electron chi connectivity index (χ0n) is 12.0. The minimum atomic E-state index is -0.427. The monoisotopic (exact) mass is 312 g/mol. The number of rotatable bonds is 5.